The molecular weight excluding hydrogens is 146 g/mol. The monoisotopic (exact) mass is 157 g/mol. The lowest BCUT2D eigenvalue weighted by molar-refractivity contribution is 0.254. The summed E-state index contributed by atoms with van der Waals surface area (Å²) >= 11 is 0. The largest absolute Gasteiger partial charge is 0.396 e. The summed E-state index contributed by atoms with van der Waals surface area (Å²) in [5.41, 5.74) is 0.679. The Morgan fingerprint density at radius 1 is 1.45 bits per heavy atom. The van der Waals surface area contributed by atoms with Gasteiger partial charge in [0.2, 0.25) is 0 Å². The molecule has 0 saturated heterocycles. The maximum Gasteiger partial charge on any atom is 0.0866 e. The molecule has 62 valence electrons. The highest BCUT2D eigenvalue weighted by atomic mass is 16.3. The normalized spacial score (nSPS) is 10.4. The Kier molecular flexibility index (Phi) is 3.00. The van der Waals surface area contributed by atoms with Crippen LogP contribution in [0.2, 0.25) is 0 Å². The van der Waals surface area contributed by atoms with Crippen molar-refractivity contribution in [2.45, 2.75) is 19.6 Å². The van der Waals surface area contributed by atoms with Crippen molar-refractivity contribution in [1.82, 2.24) is 15.0 Å². The summed E-state index contributed by atoms with van der Waals surface area (Å²) in [5, 5.41) is 24.6. The highest BCUT2D eigenvalue weighted by molar-refractivity contribution is 4.90. The average molecular weight is 157 g/mol. The Morgan fingerprint density at radius 2 is 2.27 bits per heavy atom. The third-order valence-electron chi connectivity index (χ3n) is 1.39. The van der Waals surface area contributed by atoms with Crippen molar-refractivity contribution >= 4 is 0 Å². The van der Waals surface area contributed by atoms with Crippen LogP contribution in [0.3, 0.4) is 0 Å². The molecule has 1 aromatic rings. The number of aryl methyl sites for hydroxylation is 1. The van der Waals surface area contributed by atoms with Gasteiger partial charge in [-0.3, -0.25) is 0 Å². The summed E-state index contributed by atoms with van der Waals surface area (Å²) in [5.74, 6) is 0. The second-order valence-electron chi connectivity index (χ2n) is 2.18. The molecule has 0 spiro atoms. The summed E-state index contributed by atoms with van der Waals surface area (Å²) in [6.45, 7) is 0.676. The van der Waals surface area contributed by atoms with Crippen molar-refractivity contribution < 1.29 is 10.2 Å². The van der Waals surface area contributed by atoms with E-state index in [4.69, 9.17) is 10.2 Å². The van der Waals surface area contributed by atoms with Crippen LogP contribution < -0.4 is 0 Å². The van der Waals surface area contributed by atoms with Crippen LogP contribution in [0.5, 0.6) is 0 Å². The van der Waals surface area contributed by atoms with Gasteiger partial charge in [0.15, 0.2) is 0 Å². The first-order valence-electron chi connectivity index (χ1n) is 3.47. The third kappa shape index (κ3) is 1.99. The van der Waals surface area contributed by atoms with Crippen molar-refractivity contribution in [3.05, 3.63) is 11.9 Å². The van der Waals surface area contributed by atoms with Crippen LogP contribution in [-0.2, 0) is 13.2 Å². The van der Waals surface area contributed by atoms with Gasteiger partial charge in [-0.1, -0.05) is 5.21 Å². The molecule has 1 aromatic heterocycles. The van der Waals surface area contributed by atoms with Gasteiger partial charge in [0.1, 0.15) is 0 Å². The van der Waals surface area contributed by atoms with Gasteiger partial charge >= 0.3 is 0 Å². The fourth-order valence-corrected chi connectivity index (χ4v) is 0.810. The maximum absolute atomic E-state index is 8.74. The van der Waals surface area contributed by atoms with E-state index in [1.807, 2.05) is 0 Å². The van der Waals surface area contributed by atoms with E-state index in [9.17, 15) is 0 Å². The van der Waals surface area contributed by atoms with Crippen LogP contribution in [0, 0.1) is 0 Å². The Bertz CT molecular complexity index is 211. The lowest BCUT2D eigenvalue weighted by Crippen LogP contribution is -2.06. The molecule has 11 heavy (non-hydrogen) atoms. The van der Waals surface area contributed by atoms with Crippen molar-refractivity contribution in [1.29, 1.82) is 0 Å². The SMILES string of the molecule is OCCCn1nncc1CO. The number of rotatable bonds is 4. The minimum atomic E-state index is -0.0571. The van der Waals surface area contributed by atoms with Gasteiger partial charge in [-0.15, -0.1) is 5.10 Å². The number of hydrogen-bond acceptors (Lipinski definition) is 4. The Labute approximate surface area is 64.3 Å². The fraction of sp³-hybridized carbons (Fsp3) is 0.667. The van der Waals surface area contributed by atoms with Crippen LogP contribution in [0.1, 0.15) is 12.1 Å². The zero-order chi connectivity index (χ0) is 8.10. The van der Waals surface area contributed by atoms with Gasteiger partial charge < -0.3 is 10.2 Å². The molecule has 0 aromatic carbocycles. The fourth-order valence-electron chi connectivity index (χ4n) is 0.810. The number of aliphatic hydroxyl groups is 2. The second kappa shape index (κ2) is 4.05. The molecule has 2 N–H and O–H groups in total. The molecule has 0 unspecified atom stereocenters. The molecular formula is C6H11N3O2. The number of hydrogen-bond donors (Lipinski definition) is 2. The van der Waals surface area contributed by atoms with E-state index in [1.165, 1.54) is 6.20 Å². The van der Waals surface area contributed by atoms with Gasteiger partial charge in [0.25, 0.3) is 0 Å². The lowest BCUT2D eigenvalue weighted by atomic mass is 10.4. The predicted octanol–water partition coefficient (Wildman–Crippen LogP) is -0.847. The molecule has 0 saturated carbocycles. The Balaban J connectivity index is 2.54. The van der Waals surface area contributed by atoms with E-state index in [0.29, 0.717) is 18.7 Å². The van der Waals surface area contributed by atoms with E-state index >= 15 is 0 Å². The summed E-state index contributed by atoms with van der Waals surface area (Å²) in [7, 11) is 0. The van der Waals surface area contributed by atoms with Crippen molar-refractivity contribution in [2.75, 3.05) is 6.61 Å². The highest BCUT2D eigenvalue weighted by Crippen LogP contribution is 1.96. The minimum absolute atomic E-state index is 0.0571. The van der Waals surface area contributed by atoms with E-state index in [0.717, 1.165) is 0 Å². The first-order chi connectivity index (χ1) is 5.38. The Hall–Kier alpha value is -0.940. The van der Waals surface area contributed by atoms with Crippen LogP contribution in [0.25, 0.3) is 0 Å². The van der Waals surface area contributed by atoms with Gasteiger partial charge in [0, 0.05) is 13.2 Å². The van der Waals surface area contributed by atoms with Crippen LogP contribution in [-0.4, -0.2) is 31.8 Å². The molecule has 0 radical (unpaired) electrons. The van der Waals surface area contributed by atoms with Gasteiger partial charge in [0.05, 0.1) is 18.5 Å². The average Bonchev–Trinajstić information content (AvgIpc) is 2.47. The third-order valence-corrected chi connectivity index (χ3v) is 1.39. The molecule has 0 aliphatic rings. The number of nitrogens with zero attached hydrogens (tertiary/aromatic N) is 3. The number of aliphatic hydroxyl groups excluding tert-OH is 2. The zero-order valence-corrected chi connectivity index (χ0v) is 6.14. The summed E-state index contributed by atoms with van der Waals surface area (Å²) < 4.78 is 1.58. The highest BCUT2D eigenvalue weighted by Gasteiger charge is 1.99. The summed E-state index contributed by atoms with van der Waals surface area (Å²) in [4.78, 5) is 0. The van der Waals surface area contributed by atoms with Crippen LogP contribution >= 0.6 is 0 Å². The van der Waals surface area contributed by atoms with Gasteiger partial charge in [-0.05, 0) is 6.42 Å². The maximum atomic E-state index is 8.74. The minimum Gasteiger partial charge on any atom is -0.396 e. The van der Waals surface area contributed by atoms with Crippen molar-refractivity contribution in [3.63, 3.8) is 0 Å². The van der Waals surface area contributed by atoms with E-state index < -0.39 is 0 Å². The molecule has 1 heterocycles. The first kappa shape index (κ1) is 8.16. The topological polar surface area (TPSA) is 71.2 Å². The molecule has 0 fully saturated rings. The van der Waals surface area contributed by atoms with Crippen molar-refractivity contribution in [2.24, 2.45) is 0 Å². The molecule has 0 bridgehead atoms. The molecule has 0 aliphatic carbocycles. The molecule has 1 rings (SSSR count). The lowest BCUT2D eigenvalue weighted by Gasteiger charge is -2.00. The predicted molar refractivity (Wildman–Crippen MR) is 37.6 cm³/mol. The van der Waals surface area contributed by atoms with Gasteiger partial charge in [-0.2, -0.15) is 0 Å². The second-order valence-corrected chi connectivity index (χ2v) is 2.18. The molecule has 0 aliphatic heterocycles. The Morgan fingerprint density at radius 3 is 2.91 bits per heavy atom. The summed E-state index contributed by atoms with van der Waals surface area (Å²) in [6.07, 6.45) is 2.15. The summed E-state index contributed by atoms with van der Waals surface area (Å²) in [6, 6.07) is 0. The van der Waals surface area contributed by atoms with Crippen LogP contribution in [0.15, 0.2) is 6.20 Å². The molecule has 0 amide bonds. The quantitative estimate of drug-likeness (QED) is 0.597. The zero-order valence-electron chi connectivity index (χ0n) is 6.14. The van der Waals surface area contributed by atoms with E-state index in [1.54, 1.807) is 4.68 Å². The molecule has 0 atom stereocenters. The van der Waals surface area contributed by atoms with Gasteiger partial charge in [-0.25, -0.2) is 4.68 Å². The molecule has 5 heteroatoms. The first-order valence-corrected chi connectivity index (χ1v) is 3.47. The standard InChI is InChI=1S/C6H11N3O2/c10-3-1-2-9-6(5-11)4-7-8-9/h4,10-11H,1-3,5H2. The van der Waals surface area contributed by atoms with E-state index in [2.05, 4.69) is 10.3 Å². The van der Waals surface area contributed by atoms with Crippen molar-refractivity contribution in [3.8, 4) is 0 Å². The van der Waals surface area contributed by atoms with E-state index in [-0.39, 0.29) is 13.2 Å². The van der Waals surface area contributed by atoms with Crippen LogP contribution in [0.4, 0.5) is 0 Å². The smallest absolute Gasteiger partial charge is 0.0866 e. The number of aromatic nitrogens is 3. The molecule has 5 nitrogen and oxygen atoms in total.